The van der Waals surface area contributed by atoms with Gasteiger partial charge >= 0.3 is 0 Å². The first kappa shape index (κ1) is 16.7. The fraction of sp³-hybridized carbons (Fsp3) is 0.500. The number of carbonyl (C=O) groups is 1. The molecule has 1 aliphatic rings. The van der Waals surface area contributed by atoms with Crippen molar-refractivity contribution in [1.82, 2.24) is 14.7 Å². The Balaban J connectivity index is 1.83. The standard InChI is InChI=1S/C20H27N3O/c1-4-22-14-18(13-21-22)20(24)23-12-6-5-7-19(23)17-10-8-16(9-11-17)15(2)3/h8-11,13-15,19H,4-7,12H2,1-3H3/t19-/m0/s1. The summed E-state index contributed by atoms with van der Waals surface area (Å²) < 4.78 is 1.81. The largest absolute Gasteiger partial charge is 0.332 e. The number of rotatable bonds is 4. The van der Waals surface area contributed by atoms with E-state index in [1.54, 1.807) is 6.20 Å². The topological polar surface area (TPSA) is 38.1 Å². The van der Waals surface area contributed by atoms with Gasteiger partial charge in [-0.05, 0) is 43.2 Å². The van der Waals surface area contributed by atoms with Gasteiger partial charge in [0.15, 0.2) is 0 Å². The number of likely N-dealkylation sites (tertiary alicyclic amines) is 1. The van der Waals surface area contributed by atoms with Crippen LogP contribution in [0.1, 0.15) is 73.5 Å². The Kier molecular flexibility index (Phi) is 5.03. The number of amides is 1. The molecule has 24 heavy (non-hydrogen) atoms. The zero-order valence-corrected chi connectivity index (χ0v) is 14.9. The Morgan fingerprint density at radius 2 is 2.00 bits per heavy atom. The number of carbonyl (C=O) groups excluding carboxylic acids is 1. The third-order valence-corrected chi connectivity index (χ3v) is 4.96. The Labute approximate surface area is 144 Å². The Morgan fingerprint density at radius 1 is 1.25 bits per heavy atom. The molecule has 0 saturated carbocycles. The first-order chi connectivity index (χ1) is 11.6. The molecule has 128 valence electrons. The minimum atomic E-state index is 0.104. The van der Waals surface area contributed by atoms with Gasteiger partial charge < -0.3 is 4.90 Å². The second-order valence-corrected chi connectivity index (χ2v) is 6.92. The number of aromatic nitrogens is 2. The van der Waals surface area contributed by atoms with E-state index < -0.39 is 0 Å². The van der Waals surface area contributed by atoms with Crippen molar-refractivity contribution in [1.29, 1.82) is 0 Å². The molecule has 0 N–H and O–H groups in total. The molecule has 1 fully saturated rings. The highest BCUT2D eigenvalue weighted by Crippen LogP contribution is 2.32. The summed E-state index contributed by atoms with van der Waals surface area (Å²) in [7, 11) is 0. The lowest BCUT2D eigenvalue weighted by molar-refractivity contribution is 0.0611. The molecule has 0 radical (unpaired) electrons. The van der Waals surface area contributed by atoms with Gasteiger partial charge in [0.2, 0.25) is 0 Å². The Morgan fingerprint density at radius 3 is 2.62 bits per heavy atom. The molecule has 2 aromatic rings. The first-order valence-electron chi connectivity index (χ1n) is 9.03. The first-order valence-corrected chi connectivity index (χ1v) is 9.03. The predicted octanol–water partition coefficient (Wildman–Crippen LogP) is 4.39. The van der Waals surface area contributed by atoms with Crippen LogP contribution in [0.25, 0.3) is 0 Å². The maximum atomic E-state index is 13.0. The van der Waals surface area contributed by atoms with Gasteiger partial charge in [-0.2, -0.15) is 5.10 Å². The summed E-state index contributed by atoms with van der Waals surface area (Å²) in [6.07, 6.45) is 6.84. The highest BCUT2D eigenvalue weighted by Gasteiger charge is 2.29. The van der Waals surface area contributed by atoms with Gasteiger partial charge in [0.05, 0.1) is 17.8 Å². The maximum Gasteiger partial charge on any atom is 0.257 e. The molecular weight excluding hydrogens is 298 g/mol. The van der Waals surface area contributed by atoms with Crippen LogP contribution in [0.15, 0.2) is 36.7 Å². The van der Waals surface area contributed by atoms with Crippen molar-refractivity contribution in [3.8, 4) is 0 Å². The normalized spacial score (nSPS) is 18.2. The van der Waals surface area contributed by atoms with Gasteiger partial charge in [-0.1, -0.05) is 38.1 Å². The van der Waals surface area contributed by atoms with Crippen molar-refractivity contribution in [3.05, 3.63) is 53.3 Å². The monoisotopic (exact) mass is 325 g/mol. The van der Waals surface area contributed by atoms with E-state index in [0.717, 1.165) is 25.9 Å². The van der Waals surface area contributed by atoms with E-state index in [0.29, 0.717) is 11.5 Å². The summed E-state index contributed by atoms with van der Waals surface area (Å²) in [4.78, 5) is 15.0. The summed E-state index contributed by atoms with van der Waals surface area (Å²) in [5.41, 5.74) is 3.29. The second kappa shape index (κ2) is 7.20. The minimum Gasteiger partial charge on any atom is -0.332 e. The lowest BCUT2D eigenvalue weighted by Gasteiger charge is -2.36. The van der Waals surface area contributed by atoms with E-state index in [9.17, 15) is 4.79 Å². The summed E-state index contributed by atoms with van der Waals surface area (Å²) in [5.74, 6) is 0.635. The van der Waals surface area contributed by atoms with E-state index in [-0.39, 0.29) is 11.9 Å². The average Bonchev–Trinajstić information content (AvgIpc) is 3.10. The lowest BCUT2D eigenvalue weighted by atomic mass is 9.92. The third kappa shape index (κ3) is 3.37. The molecule has 1 aromatic carbocycles. The molecule has 3 rings (SSSR count). The Bertz CT molecular complexity index is 687. The number of hydrogen-bond donors (Lipinski definition) is 0. The van der Waals surface area contributed by atoms with Crippen LogP contribution in [0.2, 0.25) is 0 Å². The highest BCUT2D eigenvalue weighted by molar-refractivity contribution is 5.94. The van der Waals surface area contributed by atoms with Crippen molar-refractivity contribution in [2.75, 3.05) is 6.54 Å². The fourth-order valence-corrected chi connectivity index (χ4v) is 3.44. The van der Waals surface area contributed by atoms with Gasteiger partial charge in [0.1, 0.15) is 0 Å². The summed E-state index contributed by atoms with van der Waals surface area (Å²) >= 11 is 0. The van der Waals surface area contributed by atoms with Crippen LogP contribution >= 0.6 is 0 Å². The van der Waals surface area contributed by atoms with Crippen LogP contribution in [-0.2, 0) is 6.54 Å². The summed E-state index contributed by atoms with van der Waals surface area (Å²) in [6, 6.07) is 8.97. The van der Waals surface area contributed by atoms with E-state index in [1.807, 2.05) is 22.7 Å². The van der Waals surface area contributed by atoms with Crippen molar-refractivity contribution >= 4 is 5.91 Å². The second-order valence-electron chi connectivity index (χ2n) is 6.92. The predicted molar refractivity (Wildman–Crippen MR) is 96.1 cm³/mol. The Hall–Kier alpha value is -2.10. The molecule has 2 heterocycles. The molecule has 1 saturated heterocycles. The SMILES string of the molecule is CCn1cc(C(=O)N2CCCC[C@H]2c2ccc(C(C)C)cc2)cn1. The summed E-state index contributed by atoms with van der Waals surface area (Å²) in [6.45, 7) is 8.05. The number of aryl methyl sites for hydroxylation is 1. The van der Waals surface area contributed by atoms with E-state index in [1.165, 1.54) is 17.5 Å². The van der Waals surface area contributed by atoms with Gasteiger partial charge in [-0.25, -0.2) is 0 Å². The van der Waals surface area contributed by atoms with E-state index in [4.69, 9.17) is 0 Å². The molecule has 4 nitrogen and oxygen atoms in total. The van der Waals surface area contributed by atoms with Crippen molar-refractivity contribution in [2.24, 2.45) is 0 Å². The van der Waals surface area contributed by atoms with Crippen molar-refractivity contribution in [3.63, 3.8) is 0 Å². The quantitative estimate of drug-likeness (QED) is 0.836. The number of benzene rings is 1. The highest BCUT2D eigenvalue weighted by atomic mass is 16.2. The number of piperidine rings is 1. The number of nitrogens with zero attached hydrogens (tertiary/aromatic N) is 3. The van der Waals surface area contributed by atoms with Crippen LogP contribution in [0.3, 0.4) is 0 Å². The molecule has 1 amide bonds. The van der Waals surface area contributed by atoms with Crippen LogP contribution in [-0.4, -0.2) is 27.1 Å². The van der Waals surface area contributed by atoms with Crippen LogP contribution in [0.4, 0.5) is 0 Å². The van der Waals surface area contributed by atoms with Crippen LogP contribution < -0.4 is 0 Å². The molecule has 1 aliphatic heterocycles. The van der Waals surface area contributed by atoms with Gasteiger partial charge in [-0.15, -0.1) is 0 Å². The molecular formula is C20H27N3O. The maximum absolute atomic E-state index is 13.0. The van der Waals surface area contributed by atoms with E-state index in [2.05, 4.69) is 43.2 Å². The number of hydrogen-bond acceptors (Lipinski definition) is 2. The van der Waals surface area contributed by atoms with Crippen molar-refractivity contribution < 1.29 is 4.79 Å². The molecule has 0 spiro atoms. The van der Waals surface area contributed by atoms with Crippen molar-refractivity contribution in [2.45, 2.75) is 58.5 Å². The van der Waals surface area contributed by atoms with Gasteiger partial charge in [-0.3, -0.25) is 9.48 Å². The van der Waals surface area contributed by atoms with Crippen LogP contribution in [0.5, 0.6) is 0 Å². The average molecular weight is 325 g/mol. The molecule has 0 bridgehead atoms. The molecule has 0 aliphatic carbocycles. The zero-order valence-electron chi connectivity index (χ0n) is 14.9. The van der Waals surface area contributed by atoms with Gasteiger partial charge in [0, 0.05) is 19.3 Å². The van der Waals surface area contributed by atoms with Crippen LogP contribution in [0, 0.1) is 0 Å². The van der Waals surface area contributed by atoms with Gasteiger partial charge in [0.25, 0.3) is 5.91 Å². The minimum absolute atomic E-state index is 0.104. The lowest BCUT2D eigenvalue weighted by Crippen LogP contribution is -2.38. The fourth-order valence-electron chi connectivity index (χ4n) is 3.44. The molecule has 1 atom stereocenters. The third-order valence-electron chi connectivity index (χ3n) is 4.96. The molecule has 1 aromatic heterocycles. The van der Waals surface area contributed by atoms with E-state index >= 15 is 0 Å². The molecule has 0 unspecified atom stereocenters. The smallest absolute Gasteiger partial charge is 0.257 e. The zero-order chi connectivity index (χ0) is 17.1. The molecule has 4 heteroatoms. The summed E-state index contributed by atoms with van der Waals surface area (Å²) in [5, 5.41) is 4.25.